The van der Waals surface area contributed by atoms with Crippen LogP contribution in [0.5, 0.6) is 0 Å². The number of benzene rings is 1. The Labute approximate surface area is 164 Å². The van der Waals surface area contributed by atoms with Gasteiger partial charge in [0.2, 0.25) is 10.0 Å². The largest absolute Gasteiger partial charge is 0.340 e. The van der Waals surface area contributed by atoms with Gasteiger partial charge in [-0.25, -0.2) is 8.42 Å². The fourth-order valence-corrected chi connectivity index (χ4v) is 4.55. The zero-order valence-electron chi connectivity index (χ0n) is 17.5. The number of hydrogen-bond acceptors (Lipinski definition) is 3. The Morgan fingerprint density at radius 2 is 1.89 bits per heavy atom. The number of quaternary nitrogens is 2. The standard InChI is InChI=1S/C19H34N4O3S/c1-7-23(8-2)27(25,26)18-14-17(11-10-15(18)3)21-19(24)16(4)20-12-9-13-22(5)6/h10-11,14,16,20H,7-9,12-13H2,1-6H3,(H,21,24)/p+2/t16-/m0/s1. The Morgan fingerprint density at radius 3 is 2.44 bits per heavy atom. The summed E-state index contributed by atoms with van der Waals surface area (Å²) in [6, 6.07) is 4.81. The van der Waals surface area contributed by atoms with Crippen LogP contribution in [0.4, 0.5) is 5.69 Å². The maximum atomic E-state index is 12.8. The molecule has 4 N–H and O–H groups in total. The summed E-state index contributed by atoms with van der Waals surface area (Å²) in [6.45, 7) is 10.0. The molecule has 0 aromatic heterocycles. The number of aryl methyl sites for hydroxylation is 1. The van der Waals surface area contributed by atoms with Crippen molar-refractivity contribution in [2.75, 3.05) is 45.6 Å². The molecule has 0 heterocycles. The highest BCUT2D eigenvalue weighted by Gasteiger charge is 2.24. The third kappa shape index (κ3) is 6.88. The lowest BCUT2D eigenvalue weighted by atomic mass is 10.2. The van der Waals surface area contributed by atoms with Crippen LogP contribution < -0.4 is 15.5 Å². The van der Waals surface area contributed by atoms with Crippen molar-refractivity contribution < 1.29 is 23.4 Å². The Bertz CT molecular complexity index is 716. The third-order valence-electron chi connectivity index (χ3n) is 4.59. The second kappa shape index (κ2) is 10.8. The van der Waals surface area contributed by atoms with Gasteiger partial charge in [0.1, 0.15) is 0 Å². The van der Waals surface area contributed by atoms with Crippen LogP contribution in [0.25, 0.3) is 0 Å². The Kier molecular flexibility index (Phi) is 9.38. The van der Waals surface area contributed by atoms with Gasteiger partial charge in [0, 0.05) is 25.2 Å². The number of sulfonamides is 1. The van der Waals surface area contributed by atoms with E-state index in [2.05, 4.69) is 19.4 Å². The minimum Gasteiger partial charge on any atom is -0.340 e. The summed E-state index contributed by atoms with van der Waals surface area (Å²) in [4.78, 5) is 14.1. The lowest BCUT2D eigenvalue weighted by Crippen LogP contribution is -3.06. The molecule has 0 fully saturated rings. The average Bonchev–Trinajstić information content (AvgIpc) is 2.60. The van der Waals surface area contributed by atoms with Crippen LogP contribution >= 0.6 is 0 Å². The summed E-state index contributed by atoms with van der Waals surface area (Å²) < 4.78 is 27.1. The van der Waals surface area contributed by atoms with E-state index >= 15 is 0 Å². The number of nitrogens with one attached hydrogen (secondary N) is 2. The molecule has 1 rings (SSSR count). The molecule has 0 aliphatic carbocycles. The van der Waals surface area contributed by atoms with Crippen LogP contribution in [0.3, 0.4) is 0 Å². The van der Waals surface area contributed by atoms with Crippen LogP contribution in [-0.2, 0) is 14.8 Å². The summed E-state index contributed by atoms with van der Waals surface area (Å²) in [5.41, 5.74) is 1.18. The minimum atomic E-state index is -3.56. The SMILES string of the molecule is CCN(CC)S(=O)(=O)c1cc(NC(=O)[C@H](C)[NH2+]CCC[NH+](C)C)ccc1C. The first kappa shape index (κ1) is 23.6. The van der Waals surface area contributed by atoms with Crippen molar-refractivity contribution in [3.8, 4) is 0 Å². The molecule has 1 amide bonds. The van der Waals surface area contributed by atoms with E-state index in [1.807, 2.05) is 26.1 Å². The minimum absolute atomic E-state index is 0.123. The van der Waals surface area contributed by atoms with Crippen LogP contribution in [-0.4, -0.2) is 64.9 Å². The molecule has 0 saturated carbocycles. The molecule has 1 aromatic rings. The molecule has 154 valence electrons. The van der Waals surface area contributed by atoms with Crippen LogP contribution in [0.15, 0.2) is 23.1 Å². The molecular formula is C19H36N4O3S+2. The fourth-order valence-electron chi connectivity index (χ4n) is 2.84. The number of amides is 1. The molecule has 27 heavy (non-hydrogen) atoms. The van der Waals surface area contributed by atoms with Crippen LogP contribution in [0.1, 0.15) is 32.8 Å². The highest BCUT2D eigenvalue weighted by molar-refractivity contribution is 7.89. The van der Waals surface area contributed by atoms with Gasteiger partial charge in [-0.15, -0.1) is 0 Å². The molecular weight excluding hydrogens is 364 g/mol. The molecule has 1 atom stereocenters. The number of carbonyl (C=O) groups excluding carboxylic acids is 1. The van der Waals surface area contributed by atoms with Gasteiger partial charge in [-0.05, 0) is 31.5 Å². The second-order valence-electron chi connectivity index (χ2n) is 7.18. The number of anilines is 1. The van der Waals surface area contributed by atoms with Crippen molar-refractivity contribution in [3.63, 3.8) is 0 Å². The van der Waals surface area contributed by atoms with E-state index in [1.54, 1.807) is 25.1 Å². The van der Waals surface area contributed by atoms with Gasteiger partial charge < -0.3 is 15.5 Å². The molecule has 0 unspecified atom stereocenters. The predicted molar refractivity (Wildman–Crippen MR) is 108 cm³/mol. The first-order valence-electron chi connectivity index (χ1n) is 9.67. The fraction of sp³-hybridized carbons (Fsp3) is 0.632. The molecule has 0 radical (unpaired) electrons. The molecule has 1 aromatic carbocycles. The number of carbonyl (C=O) groups is 1. The molecule has 7 nitrogen and oxygen atoms in total. The van der Waals surface area contributed by atoms with Crippen molar-refractivity contribution in [2.24, 2.45) is 0 Å². The van der Waals surface area contributed by atoms with Gasteiger partial charge in [-0.2, -0.15) is 4.31 Å². The van der Waals surface area contributed by atoms with E-state index in [1.165, 1.54) is 9.21 Å². The lowest BCUT2D eigenvalue weighted by Gasteiger charge is -2.20. The predicted octanol–water partition coefficient (Wildman–Crippen LogP) is -0.549. The van der Waals surface area contributed by atoms with E-state index in [4.69, 9.17) is 0 Å². The van der Waals surface area contributed by atoms with Gasteiger partial charge in [-0.1, -0.05) is 19.9 Å². The van der Waals surface area contributed by atoms with Crippen LogP contribution in [0.2, 0.25) is 0 Å². The van der Waals surface area contributed by atoms with Crippen molar-refractivity contribution in [1.82, 2.24) is 4.31 Å². The molecule has 8 heteroatoms. The normalized spacial score (nSPS) is 13.2. The molecule has 0 aliphatic heterocycles. The number of nitrogens with zero attached hydrogens (tertiary/aromatic N) is 1. The highest BCUT2D eigenvalue weighted by Crippen LogP contribution is 2.23. The zero-order valence-corrected chi connectivity index (χ0v) is 18.3. The van der Waals surface area contributed by atoms with E-state index in [9.17, 15) is 13.2 Å². The van der Waals surface area contributed by atoms with Crippen molar-refractivity contribution in [1.29, 1.82) is 0 Å². The van der Waals surface area contributed by atoms with Gasteiger partial charge >= 0.3 is 0 Å². The molecule has 0 aliphatic rings. The van der Waals surface area contributed by atoms with E-state index < -0.39 is 10.0 Å². The number of nitrogens with two attached hydrogens (primary N) is 1. The number of hydrogen-bond donors (Lipinski definition) is 3. The topological polar surface area (TPSA) is 87.5 Å². The zero-order chi connectivity index (χ0) is 20.6. The summed E-state index contributed by atoms with van der Waals surface area (Å²) in [6.07, 6.45) is 1.04. The summed E-state index contributed by atoms with van der Waals surface area (Å²) in [5, 5.41) is 4.86. The molecule has 0 saturated heterocycles. The van der Waals surface area contributed by atoms with E-state index in [-0.39, 0.29) is 16.8 Å². The van der Waals surface area contributed by atoms with Crippen molar-refractivity contribution in [3.05, 3.63) is 23.8 Å². The summed E-state index contributed by atoms with van der Waals surface area (Å²) >= 11 is 0. The van der Waals surface area contributed by atoms with Gasteiger partial charge in [-0.3, -0.25) is 4.79 Å². The van der Waals surface area contributed by atoms with Gasteiger partial charge in [0.15, 0.2) is 6.04 Å². The second-order valence-corrected chi connectivity index (χ2v) is 9.09. The average molecular weight is 401 g/mol. The van der Waals surface area contributed by atoms with Crippen molar-refractivity contribution in [2.45, 2.75) is 45.1 Å². The van der Waals surface area contributed by atoms with Gasteiger partial charge in [0.25, 0.3) is 5.91 Å². The Morgan fingerprint density at radius 1 is 1.26 bits per heavy atom. The maximum absolute atomic E-state index is 12.8. The van der Waals surface area contributed by atoms with Crippen LogP contribution in [0, 0.1) is 6.92 Å². The third-order valence-corrected chi connectivity index (χ3v) is 6.79. The Balaban J connectivity index is 2.83. The molecule has 0 spiro atoms. The number of rotatable bonds is 11. The van der Waals surface area contributed by atoms with E-state index in [0.29, 0.717) is 24.3 Å². The molecule has 0 bridgehead atoms. The van der Waals surface area contributed by atoms with E-state index in [0.717, 1.165) is 19.5 Å². The summed E-state index contributed by atoms with van der Waals surface area (Å²) in [7, 11) is 0.653. The monoisotopic (exact) mass is 400 g/mol. The first-order chi connectivity index (χ1) is 12.6. The highest BCUT2D eigenvalue weighted by atomic mass is 32.2. The Hall–Kier alpha value is -1.48. The maximum Gasteiger partial charge on any atom is 0.282 e. The van der Waals surface area contributed by atoms with Crippen molar-refractivity contribution >= 4 is 21.6 Å². The lowest BCUT2D eigenvalue weighted by molar-refractivity contribution is -0.860. The first-order valence-corrected chi connectivity index (χ1v) is 11.1. The smallest absolute Gasteiger partial charge is 0.282 e. The quantitative estimate of drug-likeness (QED) is 0.436. The van der Waals surface area contributed by atoms with Gasteiger partial charge in [0.05, 0.1) is 32.1 Å². The summed E-state index contributed by atoms with van der Waals surface area (Å²) in [5.74, 6) is -0.123.